The van der Waals surface area contributed by atoms with E-state index in [4.69, 9.17) is 40.1 Å². The summed E-state index contributed by atoms with van der Waals surface area (Å²) >= 11 is 5.95. The second-order valence-corrected chi connectivity index (χ2v) is 11.9. The van der Waals surface area contributed by atoms with E-state index in [0.717, 1.165) is 24.3 Å². The van der Waals surface area contributed by atoms with Crippen molar-refractivity contribution in [1.29, 1.82) is 0 Å². The van der Waals surface area contributed by atoms with E-state index < -0.39 is 59.4 Å². The van der Waals surface area contributed by atoms with E-state index in [1.54, 1.807) is 18.2 Å². The molecule has 7 rings (SSSR count). The van der Waals surface area contributed by atoms with Gasteiger partial charge in [0.05, 0.1) is 29.4 Å². The van der Waals surface area contributed by atoms with E-state index in [2.05, 4.69) is 20.6 Å². The molecule has 4 aliphatic rings. The van der Waals surface area contributed by atoms with Crippen LogP contribution >= 0.6 is 11.6 Å². The highest BCUT2D eigenvalue weighted by Gasteiger charge is 2.71. The summed E-state index contributed by atoms with van der Waals surface area (Å²) in [4.78, 5) is 78.5. The third-order valence-electron chi connectivity index (χ3n) is 8.49. The fourth-order valence-corrected chi connectivity index (χ4v) is 6.33. The predicted octanol–water partition coefficient (Wildman–Crippen LogP) is 2.87. The lowest BCUT2D eigenvalue weighted by atomic mass is 9.77. The number of esters is 3. The average Bonchev–Trinajstić information content (AvgIpc) is 3.09. The molecule has 2 aromatic carbocycles. The molecule has 2 unspecified atom stereocenters. The van der Waals surface area contributed by atoms with Gasteiger partial charge in [0.15, 0.2) is 17.3 Å². The zero-order valence-corrected chi connectivity index (χ0v) is 26.6. The number of hydrogen-bond donors (Lipinski definition) is 2. The van der Waals surface area contributed by atoms with Gasteiger partial charge in [-0.25, -0.2) is 33.5 Å². The number of ether oxygens (including phenoxy) is 5. The number of carbonyl (C=O) groups excluding carboxylic acids is 5. The zero-order valence-electron chi connectivity index (χ0n) is 25.8. The second-order valence-electron chi connectivity index (χ2n) is 11.5. The smallest absolute Gasteiger partial charge is 0.412 e. The molecule has 1 saturated carbocycles. The van der Waals surface area contributed by atoms with Crippen molar-refractivity contribution in [2.24, 2.45) is 0 Å². The van der Waals surface area contributed by atoms with Gasteiger partial charge in [0.25, 0.3) is 6.23 Å². The first-order chi connectivity index (χ1) is 24.0. The number of benzene rings is 2. The van der Waals surface area contributed by atoms with Gasteiger partial charge in [-0.2, -0.15) is 0 Å². The summed E-state index contributed by atoms with van der Waals surface area (Å²) in [5.41, 5.74) is -1.24. The third-order valence-corrected chi connectivity index (χ3v) is 8.78. The number of carbonyl (C=O) groups is 5. The molecular formula is C32H25ClFN5O11. The van der Waals surface area contributed by atoms with Crippen LogP contribution in [0.4, 0.5) is 15.9 Å². The molecule has 258 valence electrons. The summed E-state index contributed by atoms with van der Waals surface area (Å²) in [5, 5.41) is 6.48. The Balaban J connectivity index is 1.19. The van der Waals surface area contributed by atoms with Crippen LogP contribution in [-0.2, 0) is 43.0 Å². The molecule has 1 amide bonds. The van der Waals surface area contributed by atoms with Crippen LogP contribution in [0.15, 0.2) is 61.0 Å². The summed E-state index contributed by atoms with van der Waals surface area (Å²) in [5.74, 6) is -7.73. The molecule has 18 heteroatoms. The number of fused-ring (bicyclic) bond motifs is 2. The average molecular weight is 710 g/mol. The van der Waals surface area contributed by atoms with Crippen LogP contribution in [0, 0.1) is 5.82 Å². The fourth-order valence-electron chi connectivity index (χ4n) is 6.15. The van der Waals surface area contributed by atoms with Gasteiger partial charge in [-0.15, -0.1) is 0 Å². The maximum absolute atomic E-state index is 14.7. The molecule has 3 aliphatic heterocycles. The first kappa shape index (κ1) is 32.7. The van der Waals surface area contributed by atoms with Gasteiger partial charge in [0, 0.05) is 35.8 Å². The predicted molar refractivity (Wildman–Crippen MR) is 166 cm³/mol. The fraction of sp³-hybridized carbons (Fsp3) is 0.281. The number of hydroxylamine groups is 2. The van der Waals surface area contributed by atoms with Crippen molar-refractivity contribution in [3.05, 3.63) is 71.8 Å². The molecule has 2 spiro atoms. The lowest BCUT2D eigenvalue weighted by Crippen LogP contribution is -2.81. The monoisotopic (exact) mass is 709 g/mol. The lowest BCUT2D eigenvalue weighted by molar-refractivity contribution is -0.427. The van der Waals surface area contributed by atoms with Gasteiger partial charge >= 0.3 is 29.8 Å². The topological polar surface area (TPSA) is 194 Å². The van der Waals surface area contributed by atoms with Crippen LogP contribution in [0.2, 0.25) is 5.02 Å². The number of amides is 1. The van der Waals surface area contributed by atoms with Crippen molar-refractivity contribution in [3.8, 4) is 11.5 Å². The highest BCUT2D eigenvalue weighted by molar-refractivity contribution is 6.31. The number of nitrogens with zero attached hydrogens (tertiary/aromatic N) is 3. The van der Waals surface area contributed by atoms with E-state index in [9.17, 15) is 28.4 Å². The molecule has 2 N–H and O–H groups in total. The molecule has 1 aromatic heterocycles. The Kier molecular flexibility index (Phi) is 8.23. The zero-order chi connectivity index (χ0) is 35.2. The van der Waals surface area contributed by atoms with Gasteiger partial charge in [0.1, 0.15) is 17.7 Å². The molecule has 3 aromatic rings. The van der Waals surface area contributed by atoms with Crippen LogP contribution in [0.1, 0.15) is 25.7 Å². The lowest BCUT2D eigenvalue weighted by Gasteiger charge is -2.55. The number of hydrogen-bond acceptors (Lipinski definition) is 15. The number of piperazine rings is 1. The SMILES string of the molecule is COc1cc2ncnc(Nc3cccc(Cl)c3F)c2cc1OC1CCC2(CC1)C(=O)NC1OC(=O)/C=C\C(=O)OC13OC(=O)/C=C\C(=O)ON23. The Bertz CT molecular complexity index is 2010. The first-order valence-corrected chi connectivity index (χ1v) is 15.5. The Morgan fingerprint density at radius 3 is 2.38 bits per heavy atom. The number of aromatic nitrogens is 2. The van der Waals surface area contributed by atoms with Crippen molar-refractivity contribution in [1.82, 2.24) is 20.3 Å². The summed E-state index contributed by atoms with van der Waals surface area (Å²) in [7, 11) is 1.44. The molecule has 50 heavy (non-hydrogen) atoms. The normalized spacial score (nSPS) is 27.8. The Hall–Kier alpha value is -5.81. The molecule has 1 aliphatic carbocycles. The number of nitrogens with one attached hydrogen (secondary N) is 2. The Morgan fingerprint density at radius 1 is 0.960 bits per heavy atom. The number of anilines is 2. The van der Waals surface area contributed by atoms with Gasteiger partial charge < -0.3 is 39.2 Å². The van der Waals surface area contributed by atoms with Crippen LogP contribution in [0.3, 0.4) is 0 Å². The van der Waals surface area contributed by atoms with Crippen molar-refractivity contribution in [2.75, 3.05) is 12.4 Å². The van der Waals surface area contributed by atoms with Crippen molar-refractivity contribution >= 4 is 63.8 Å². The Morgan fingerprint density at radius 2 is 1.66 bits per heavy atom. The minimum absolute atomic E-state index is 0.0760. The standard InChI is InChI=1S/C32H25ClFN5O11/c1-45-21-14-20-17(28(36-15-35-20)37-19-4-2-3-18(33)27(19)34)13-22(21)46-16-9-11-31(12-10-16)29(44)38-30-32(48-24(41)6-5-23(40)47-30)39(31)50-26(43)8-7-25(42)49-32/h2-8,13-16,30H,9-12H2,1H3,(H,38,44)(H,35,36,37)/b6-5-,8-7-. The highest BCUT2D eigenvalue weighted by Crippen LogP contribution is 2.46. The van der Waals surface area contributed by atoms with Crippen LogP contribution < -0.4 is 20.1 Å². The third kappa shape index (κ3) is 5.69. The summed E-state index contributed by atoms with van der Waals surface area (Å²) in [6, 6.07) is 7.74. The molecule has 4 heterocycles. The molecule has 2 atom stereocenters. The maximum atomic E-state index is 14.7. The van der Waals surface area contributed by atoms with Gasteiger partial charge in [-0.1, -0.05) is 17.7 Å². The quantitative estimate of drug-likeness (QED) is 0.367. The molecule has 0 radical (unpaired) electrons. The Labute approximate surface area is 286 Å². The summed E-state index contributed by atoms with van der Waals surface area (Å²) in [6.07, 6.45) is 1.94. The van der Waals surface area contributed by atoms with Crippen molar-refractivity contribution < 1.29 is 56.9 Å². The summed E-state index contributed by atoms with van der Waals surface area (Å²) < 4.78 is 42.9. The molecule has 2 fully saturated rings. The van der Waals surface area contributed by atoms with E-state index in [0.29, 0.717) is 21.7 Å². The summed E-state index contributed by atoms with van der Waals surface area (Å²) in [6.45, 7) is 0. The van der Waals surface area contributed by atoms with Crippen LogP contribution in [0.5, 0.6) is 11.5 Å². The molecular weight excluding hydrogens is 685 g/mol. The number of rotatable bonds is 5. The highest BCUT2D eigenvalue weighted by atomic mass is 35.5. The van der Waals surface area contributed by atoms with E-state index in [1.807, 2.05) is 0 Å². The van der Waals surface area contributed by atoms with Gasteiger partial charge in [-0.05, 0) is 48.9 Å². The van der Waals surface area contributed by atoms with E-state index >= 15 is 0 Å². The van der Waals surface area contributed by atoms with Crippen molar-refractivity contribution in [3.63, 3.8) is 0 Å². The van der Waals surface area contributed by atoms with Gasteiger partial charge in [0.2, 0.25) is 5.91 Å². The molecule has 1 saturated heterocycles. The first-order valence-electron chi connectivity index (χ1n) is 15.1. The maximum Gasteiger partial charge on any atom is 0.412 e. The minimum atomic E-state index is -2.72. The van der Waals surface area contributed by atoms with Crippen LogP contribution in [-0.4, -0.2) is 75.7 Å². The molecule has 0 bridgehead atoms. The van der Waals surface area contributed by atoms with E-state index in [-0.39, 0.29) is 48.0 Å². The number of halogens is 2. The second kappa shape index (κ2) is 12.6. The molecule has 16 nitrogen and oxygen atoms in total. The van der Waals surface area contributed by atoms with E-state index in [1.165, 1.54) is 25.6 Å². The van der Waals surface area contributed by atoms with Crippen LogP contribution in [0.25, 0.3) is 10.9 Å². The minimum Gasteiger partial charge on any atom is -0.493 e. The van der Waals surface area contributed by atoms with Crippen molar-refractivity contribution in [2.45, 2.75) is 49.5 Å². The largest absolute Gasteiger partial charge is 0.493 e. The van der Waals surface area contributed by atoms with Gasteiger partial charge in [-0.3, -0.25) is 4.79 Å². The number of methoxy groups -OCH3 is 1.